The molecule has 1 fully saturated rings. The number of nitrogens with zero attached hydrogens (tertiary/aromatic N) is 2. The number of halogens is 2. The zero-order valence-electron chi connectivity index (χ0n) is 18.8. The van der Waals surface area contributed by atoms with Crippen LogP contribution in [0.1, 0.15) is 36.8 Å². The second-order valence-corrected chi connectivity index (χ2v) is 8.51. The standard InChI is InChI=1S/C25H26F2N4O3/c1-34-21-6-5-18(22(27)12-21)13-25(10-8-24(33)30-25)9-7-23(32)28-14-17-15-29-31(16-17)20-4-2-3-19(26)11-20/h2-6,11-12,15-16H,7-10,13-14H2,1H3,(H,28,32)(H,30,33)/t25-/m1/s1. The summed E-state index contributed by atoms with van der Waals surface area (Å²) in [4.78, 5) is 24.5. The number of amides is 2. The van der Waals surface area contributed by atoms with Gasteiger partial charge in [0.05, 0.1) is 19.0 Å². The summed E-state index contributed by atoms with van der Waals surface area (Å²) in [6.07, 6.45) is 5.07. The molecule has 0 unspecified atom stereocenters. The second kappa shape index (κ2) is 10.0. The quantitative estimate of drug-likeness (QED) is 0.504. The summed E-state index contributed by atoms with van der Waals surface area (Å²) in [5.74, 6) is -0.621. The van der Waals surface area contributed by atoms with E-state index in [4.69, 9.17) is 4.74 Å². The molecule has 2 heterocycles. The summed E-state index contributed by atoms with van der Waals surface area (Å²) in [6, 6.07) is 10.7. The highest BCUT2D eigenvalue weighted by molar-refractivity contribution is 5.80. The summed E-state index contributed by atoms with van der Waals surface area (Å²) in [5.41, 5.74) is 1.14. The largest absolute Gasteiger partial charge is 0.497 e. The van der Waals surface area contributed by atoms with Crippen LogP contribution in [-0.2, 0) is 22.6 Å². The van der Waals surface area contributed by atoms with Crippen molar-refractivity contribution < 1.29 is 23.1 Å². The maximum absolute atomic E-state index is 14.5. The average molecular weight is 469 g/mol. The Labute approximate surface area is 196 Å². The molecule has 1 aliphatic heterocycles. The number of benzene rings is 2. The average Bonchev–Trinajstić information content (AvgIpc) is 3.45. The van der Waals surface area contributed by atoms with E-state index >= 15 is 0 Å². The third-order valence-corrected chi connectivity index (χ3v) is 6.05. The minimum Gasteiger partial charge on any atom is -0.497 e. The molecule has 0 spiro atoms. The van der Waals surface area contributed by atoms with Gasteiger partial charge in [-0.3, -0.25) is 9.59 Å². The van der Waals surface area contributed by atoms with Crippen molar-refractivity contribution in [1.29, 1.82) is 0 Å². The van der Waals surface area contributed by atoms with Crippen molar-refractivity contribution in [3.63, 3.8) is 0 Å². The molecule has 0 aliphatic carbocycles. The first-order valence-corrected chi connectivity index (χ1v) is 11.1. The van der Waals surface area contributed by atoms with E-state index in [0.29, 0.717) is 42.7 Å². The number of hydrogen-bond acceptors (Lipinski definition) is 4. The number of hydrogen-bond donors (Lipinski definition) is 2. The molecule has 7 nitrogen and oxygen atoms in total. The highest BCUT2D eigenvalue weighted by Crippen LogP contribution is 2.31. The molecule has 2 aromatic carbocycles. The molecular formula is C25H26F2N4O3. The number of methoxy groups -OCH3 is 1. The zero-order valence-corrected chi connectivity index (χ0v) is 18.8. The minimum atomic E-state index is -0.674. The summed E-state index contributed by atoms with van der Waals surface area (Å²) in [7, 11) is 1.47. The van der Waals surface area contributed by atoms with Gasteiger partial charge in [-0.2, -0.15) is 5.10 Å². The van der Waals surface area contributed by atoms with E-state index in [9.17, 15) is 18.4 Å². The molecule has 1 aliphatic rings. The lowest BCUT2D eigenvalue weighted by atomic mass is 9.84. The molecular weight excluding hydrogens is 442 g/mol. The number of ether oxygens (including phenoxy) is 1. The summed E-state index contributed by atoms with van der Waals surface area (Å²) >= 11 is 0. The van der Waals surface area contributed by atoms with Crippen molar-refractivity contribution in [3.8, 4) is 11.4 Å². The van der Waals surface area contributed by atoms with Crippen LogP contribution in [0.4, 0.5) is 8.78 Å². The lowest BCUT2D eigenvalue weighted by Crippen LogP contribution is -2.44. The van der Waals surface area contributed by atoms with Crippen LogP contribution in [0.5, 0.6) is 5.75 Å². The van der Waals surface area contributed by atoms with Gasteiger partial charge in [-0.15, -0.1) is 0 Å². The van der Waals surface area contributed by atoms with Gasteiger partial charge in [-0.25, -0.2) is 13.5 Å². The fourth-order valence-corrected chi connectivity index (χ4v) is 4.20. The van der Waals surface area contributed by atoms with Crippen molar-refractivity contribution in [3.05, 3.63) is 77.6 Å². The maximum atomic E-state index is 14.5. The Balaban J connectivity index is 1.34. The second-order valence-electron chi connectivity index (χ2n) is 8.51. The van der Waals surface area contributed by atoms with Gasteiger partial charge in [0, 0.05) is 42.8 Å². The SMILES string of the molecule is COc1ccc(C[C@@]2(CCC(=O)NCc3cnn(-c4cccc(F)c4)c3)CCC(=O)N2)c(F)c1. The highest BCUT2D eigenvalue weighted by Gasteiger charge is 2.38. The molecule has 1 aromatic heterocycles. The van der Waals surface area contributed by atoms with Gasteiger partial charge in [0.1, 0.15) is 17.4 Å². The molecule has 3 aromatic rings. The third kappa shape index (κ3) is 5.59. The van der Waals surface area contributed by atoms with E-state index in [1.165, 1.54) is 30.0 Å². The molecule has 1 saturated heterocycles. The smallest absolute Gasteiger partial charge is 0.220 e. The molecule has 1 atom stereocenters. The molecule has 2 amide bonds. The first kappa shape index (κ1) is 23.4. The summed E-state index contributed by atoms with van der Waals surface area (Å²) < 4.78 is 34.5. The fourth-order valence-electron chi connectivity index (χ4n) is 4.20. The van der Waals surface area contributed by atoms with Crippen LogP contribution < -0.4 is 15.4 Å². The number of rotatable bonds is 9. The molecule has 34 heavy (non-hydrogen) atoms. The van der Waals surface area contributed by atoms with Gasteiger partial charge in [0.25, 0.3) is 0 Å². The topological polar surface area (TPSA) is 85.2 Å². The van der Waals surface area contributed by atoms with Crippen molar-refractivity contribution in [2.75, 3.05) is 7.11 Å². The van der Waals surface area contributed by atoms with E-state index in [1.807, 2.05) is 0 Å². The molecule has 2 N–H and O–H groups in total. The lowest BCUT2D eigenvalue weighted by molar-refractivity contribution is -0.122. The van der Waals surface area contributed by atoms with Crippen molar-refractivity contribution in [2.45, 2.75) is 44.2 Å². The lowest BCUT2D eigenvalue weighted by Gasteiger charge is -2.29. The predicted molar refractivity (Wildman–Crippen MR) is 121 cm³/mol. The van der Waals surface area contributed by atoms with Crippen LogP contribution in [0.15, 0.2) is 54.9 Å². The number of aromatic nitrogens is 2. The third-order valence-electron chi connectivity index (χ3n) is 6.05. The monoisotopic (exact) mass is 468 g/mol. The number of carbonyl (C=O) groups excluding carboxylic acids is 2. The van der Waals surface area contributed by atoms with Crippen LogP contribution in [-0.4, -0.2) is 34.2 Å². The van der Waals surface area contributed by atoms with Crippen molar-refractivity contribution in [1.82, 2.24) is 20.4 Å². The molecule has 0 saturated carbocycles. The molecule has 9 heteroatoms. The summed E-state index contributed by atoms with van der Waals surface area (Å²) in [6.45, 7) is 0.265. The Morgan fingerprint density at radius 2 is 2.12 bits per heavy atom. The zero-order chi connectivity index (χ0) is 24.1. The Bertz CT molecular complexity index is 1200. The Hall–Kier alpha value is -3.75. The molecule has 0 bridgehead atoms. The predicted octanol–water partition coefficient (Wildman–Crippen LogP) is 3.45. The van der Waals surface area contributed by atoms with E-state index in [2.05, 4.69) is 15.7 Å². The van der Waals surface area contributed by atoms with E-state index in [-0.39, 0.29) is 30.6 Å². The Morgan fingerprint density at radius 3 is 2.82 bits per heavy atom. The first-order chi connectivity index (χ1) is 16.4. The molecule has 178 valence electrons. The van der Waals surface area contributed by atoms with Gasteiger partial charge in [0.2, 0.25) is 11.8 Å². The van der Waals surface area contributed by atoms with Gasteiger partial charge < -0.3 is 15.4 Å². The number of nitrogens with one attached hydrogen (secondary N) is 2. The van der Waals surface area contributed by atoms with Gasteiger partial charge in [-0.1, -0.05) is 12.1 Å². The normalized spacial score (nSPS) is 17.4. The highest BCUT2D eigenvalue weighted by atomic mass is 19.1. The van der Waals surface area contributed by atoms with Crippen LogP contribution in [0.25, 0.3) is 5.69 Å². The van der Waals surface area contributed by atoms with Crippen LogP contribution in [0.3, 0.4) is 0 Å². The molecule has 0 radical (unpaired) electrons. The Kier molecular flexibility index (Phi) is 6.90. The van der Waals surface area contributed by atoms with Gasteiger partial charge in [-0.05, 0) is 49.1 Å². The van der Waals surface area contributed by atoms with Crippen LogP contribution >= 0.6 is 0 Å². The first-order valence-electron chi connectivity index (χ1n) is 11.1. The summed E-state index contributed by atoms with van der Waals surface area (Å²) in [5, 5.41) is 10.0. The van der Waals surface area contributed by atoms with E-state index in [1.54, 1.807) is 36.7 Å². The minimum absolute atomic E-state index is 0.0981. The van der Waals surface area contributed by atoms with E-state index in [0.717, 1.165) is 5.56 Å². The maximum Gasteiger partial charge on any atom is 0.220 e. The van der Waals surface area contributed by atoms with Crippen LogP contribution in [0.2, 0.25) is 0 Å². The Morgan fingerprint density at radius 1 is 1.26 bits per heavy atom. The van der Waals surface area contributed by atoms with E-state index < -0.39 is 11.4 Å². The van der Waals surface area contributed by atoms with Crippen molar-refractivity contribution in [2.24, 2.45) is 0 Å². The van der Waals surface area contributed by atoms with Crippen molar-refractivity contribution >= 4 is 11.8 Å². The number of carbonyl (C=O) groups is 2. The van der Waals surface area contributed by atoms with Crippen LogP contribution in [0, 0.1) is 11.6 Å². The molecule has 4 rings (SSSR count). The van der Waals surface area contributed by atoms with Gasteiger partial charge in [0.15, 0.2) is 0 Å². The fraction of sp³-hybridized carbons (Fsp3) is 0.320. The van der Waals surface area contributed by atoms with Gasteiger partial charge >= 0.3 is 0 Å².